The van der Waals surface area contributed by atoms with E-state index in [0.29, 0.717) is 29.4 Å². The van der Waals surface area contributed by atoms with Crippen molar-refractivity contribution in [2.45, 2.75) is 77.2 Å². The van der Waals surface area contributed by atoms with E-state index in [2.05, 4.69) is 21.6 Å². The number of hydrogen-bond acceptors (Lipinski definition) is 8. The average Bonchev–Trinajstić information content (AvgIpc) is 2.92. The highest BCUT2D eigenvalue weighted by atomic mass is 32.2. The molecule has 0 saturated carbocycles. The Morgan fingerprint density at radius 3 is 2.23 bits per heavy atom. The van der Waals surface area contributed by atoms with Crippen LogP contribution in [0.4, 0.5) is 10.3 Å². The minimum atomic E-state index is -4.04. The van der Waals surface area contributed by atoms with Crippen molar-refractivity contribution in [2.24, 2.45) is 11.8 Å². The smallest absolute Gasteiger partial charge is 0.338 e. The van der Waals surface area contributed by atoms with Gasteiger partial charge in [-0.1, -0.05) is 26.7 Å². The lowest BCUT2D eigenvalue weighted by Crippen LogP contribution is -2.28. The first-order valence-electron chi connectivity index (χ1n) is 14.0. The van der Waals surface area contributed by atoms with Crippen LogP contribution in [0.5, 0.6) is 11.5 Å². The summed E-state index contributed by atoms with van der Waals surface area (Å²) in [6, 6.07) is 10.1. The Balaban J connectivity index is 1.51. The molecule has 1 heterocycles. The summed E-state index contributed by atoms with van der Waals surface area (Å²) < 4.78 is 53.3. The van der Waals surface area contributed by atoms with Gasteiger partial charge in [0.25, 0.3) is 10.0 Å². The van der Waals surface area contributed by atoms with Gasteiger partial charge in [-0.15, -0.1) is 0 Å². The van der Waals surface area contributed by atoms with Gasteiger partial charge in [0.15, 0.2) is 0 Å². The summed E-state index contributed by atoms with van der Waals surface area (Å²) in [5.41, 5.74) is -0.163. The molecule has 0 amide bonds. The number of anilines is 1. The topological polar surface area (TPSA) is 145 Å². The zero-order chi connectivity index (χ0) is 31.8. The van der Waals surface area contributed by atoms with Gasteiger partial charge in [-0.3, -0.25) is 4.79 Å². The maximum absolute atomic E-state index is 14.5. The zero-order valence-corrected chi connectivity index (χ0v) is 25.8. The number of hydrogen-bond donors (Lipinski definition) is 2. The number of nitrogens with one attached hydrogen (secondary N) is 1. The number of carbonyl (C=O) groups excluding carboxylic acids is 1. The second-order valence-electron chi connectivity index (χ2n) is 11.6. The van der Waals surface area contributed by atoms with Crippen molar-refractivity contribution in [2.75, 3.05) is 4.72 Å². The van der Waals surface area contributed by atoms with Gasteiger partial charge in [-0.05, 0) is 94.0 Å². The fraction of sp³-hybridized carbons (Fsp3) is 0.419. The highest BCUT2D eigenvalue weighted by molar-refractivity contribution is 7.92. The quantitative estimate of drug-likeness (QED) is 0.151. The van der Waals surface area contributed by atoms with Crippen LogP contribution in [0.3, 0.4) is 0 Å². The van der Waals surface area contributed by atoms with Crippen molar-refractivity contribution in [3.63, 3.8) is 0 Å². The van der Waals surface area contributed by atoms with E-state index in [0.717, 1.165) is 38.1 Å². The molecular formula is C31H38FN3O7S. The van der Waals surface area contributed by atoms with Crippen LogP contribution in [-0.4, -0.2) is 41.0 Å². The molecule has 2 N–H and O–H groups in total. The number of rotatable bonds is 14. The molecule has 2 aromatic carbocycles. The fourth-order valence-corrected chi connectivity index (χ4v) is 5.29. The van der Waals surface area contributed by atoms with Crippen LogP contribution in [0.25, 0.3) is 0 Å². The number of esters is 1. The van der Waals surface area contributed by atoms with Crippen LogP contribution in [0.2, 0.25) is 0 Å². The van der Waals surface area contributed by atoms with E-state index in [4.69, 9.17) is 14.6 Å². The van der Waals surface area contributed by atoms with Gasteiger partial charge in [0.1, 0.15) is 22.9 Å². The summed E-state index contributed by atoms with van der Waals surface area (Å²) in [7, 11) is -4.04. The number of aryl methyl sites for hydroxylation is 1. The molecule has 0 spiro atoms. The Bertz CT molecular complexity index is 1510. The van der Waals surface area contributed by atoms with Crippen molar-refractivity contribution in [1.29, 1.82) is 0 Å². The summed E-state index contributed by atoms with van der Waals surface area (Å²) >= 11 is 0. The third kappa shape index (κ3) is 10.6. The van der Waals surface area contributed by atoms with Crippen molar-refractivity contribution in [3.8, 4) is 11.5 Å². The molecule has 3 rings (SSSR count). The van der Waals surface area contributed by atoms with Crippen molar-refractivity contribution in [1.82, 2.24) is 9.97 Å². The van der Waals surface area contributed by atoms with Gasteiger partial charge in [0.05, 0.1) is 16.4 Å². The monoisotopic (exact) mass is 615 g/mol. The number of unbranched alkanes of at least 4 members (excludes halogenated alkanes) is 1. The Hall–Kier alpha value is -4.06. The largest absolute Gasteiger partial charge is 0.478 e. The van der Waals surface area contributed by atoms with Crippen LogP contribution in [0.15, 0.2) is 59.8 Å². The molecule has 0 aliphatic rings. The number of carboxylic acids is 1. The second kappa shape index (κ2) is 14.4. The molecule has 10 nitrogen and oxygen atoms in total. The van der Waals surface area contributed by atoms with Gasteiger partial charge in [0, 0.05) is 12.4 Å². The third-order valence-electron chi connectivity index (χ3n) is 6.47. The van der Waals surface area contributed by atoms with Gasteiger partial charge >= 0.3 is 11.9 Å². The van der Waals surface area contributed by atoms with Crippen LogP contribution < -0.4 is 9.46 Å². The number of carbonyl (C=O) groups is 2. The normalized spacial score (nSPS) is 13.2. The summed E-state index contributed by atoms with van der Waals surface area (Å²) in [4.78, 5) is 30.5. The van der Waals surface area contributed by atoms with Gasteiger partial charge in [0.2, 0.25) is 5.95 Å². The molecule has 232 valence electrons. The minimum absolute atomic E-state index is 0.0831. The number of carboxylic acid groups (broad SMARTS) is 1. The molecule has 3 aromatic rings. The second-order valence-corrected chi connectivity index (χ2v) is 13.2. The summed E-state index contributed by atoms with van der Waals surface area (Å²) in [6.45, 7) is 9.55. The third-order valence-corrected chi connectivity index (χ3v) is 7.81. The SMILES string of the molecule is CC(CCCCc1cc(Oc2ccc(S(=O)(=O)Nc3ncc(C(=O)O)cn3)cc2)ccc1F)CC(C)C(=O)OC(C)(C)C. The number of ether oxygens (including phenoxy) is 2. The van der Waals surface area contributed by atoms with Crippen LogP contribution in [-0.2, 0) is 26.0 Å². The van der Waals surface area contributed by atoms with Gasteiger partial charge < -0.3 is 14.6 Å². The predicted molar refractivity (Wildman–Crippen MR) is 159 cm³/mol. The Labute approximate surface area is 251 Å². The fourth-order valence-electron chi connectivity index (χ4n) is 4.33. The molecule has 0 aliphatic carbocycles. The molecule has 0 radical (unpaired) electrons. The van der Waals surface area contributed by atoms with E-state index < -0.39 is 21.6 Å². The molecule has 0 aliphatic heterocycles. The highest BCUT2D eigenvalue weighted by Crippen LogP contribution is 2.27. The molecule has 0 saturated heterocycles. The molecule has 12 heteroatoms. The molecule has 0 fully saturated rings. The van der Waals surface area contributed by atoms with E-state index in [1.807, 2.05) is 27.7 Å². The van der Waals surface area contributed by atoms with E-state index >= 15 is 0 Å². The summed E-state index contributed by atoms with van der Waals surface area (Å²) in [6.07, 6.45) is 5.81. The van der Waals surface area contributed by atoms with Crippen LogP contribution in [0.1, 0.15) is 76.2 Å². The van der Waals surface area contributed by atoms with E-state index in [1.165, 1.54) is 36.4 Å². The molecule has 0 bridgehead atoms. The van der Waals surface area contributed by atoms with Crippen molar-refractivity contribution >= 4 is 27.9 Å². The lowest BCUT2D eigenvalue weighted by Gasteiger charge is -2.23. The number of benzene rings is 2. The number of nitrogens with zero attached hydrogens (tertiary/aromatic N) is 2. The Kier molecular flexibility index (Phi) is 11.2. The lowest BCUT2D eigenvalue weighted by molar-refractivity contribution is -0.159. The summed E-state index contributed by atoms with van der Waals surface area (Å²) in [5.74, 6) is -1.11. The molecule has 2 unspecified atom stereocenters. The minimum Gasteiger partial charge on any atom is -0.478 e. The highest BCUT2D eigenvalue weighted by Gasteiger charge is 2.23. The number of aromatic nitrogens is 2. The van der Waals surface area contributed by atoms with E-state index in [1.54, 1.807) is 6.07 Å². The van der Waals surface area contributed by atoms with E-state index in [9.17, 15) is 22.4 Å². The molecule has 1 aromatic heterocycles. The number of sulfonamides is 1. The van der Waals surface area contributed by atoms with Crippen LogP contribution >= 0.6 is 0 Å². The maximum atomic E-state index is 14.5. The number of halogens is 1. The first kappa shape index (κ1) is 33.4. The first-order valence-corrected chi connectivity index (χ1v) is 15.5. The number of aromatic carboxylic acids is 1. The molecular weight excluding hydrogens is 577 g/mol. The maximum Gasteiger partial charge on any atom is 0.338 e. The van der Waals surface area contributed by atoms with Crippen molar-refractivity contribution < 1.29 is 37.0 Å². The Morgan fingerprint density at radius 1 is 1.00 bits per heavy atom. The van der Waals surface area contributed by atoms with Gasteiger partial charge in [-0.25, -0.2) is 32.3 Å². The first-order chi connectivity index (χ1) is 20.1. The molecule has 2 atom stereocenters. The lowest BCUT2D eigenvalue weighted by atomic mass is 9.92. The molecule has 43 heavy (non-hydrogen) atoms. The summed E-state index contributed by atoms with van der Waals surface area (Å²) in [5, 5.41) is 8.91. The average molecular weight is 616 g/mol. The van der Waals surface area contributed by atoms with Gasteiger partial charge in [-0.2, -0.15) is 0 Å². The standard InChI is InChI=1S/C31H38FN3O7S/c1-20(16-21(2)29(38)42-31(3,4)5)8-6-7-9-22-17-25(12-15-27(22)32)41-24-10-13-26(14-11-24)43(39,40)35-30-33-18-23(19-34-30)28(36)37/h10-15,17-21H,6-9,16H2,1-5H3,(H,36,37)(H,33,34,35). The zero-order valence-electron chi connectivity index (χ0n) is 25.0. The predicted octanol–water partition coefficient (Wildman–Crippen LogP) is 6.62. The van der Waals surface area contributed by atoms with E-state index in [-0.39, 0.29) is 34.1 Å². The Morgan fingerprint density at radius 2 is 1.63 bits per heavy atom. The van der Waals surface area contributed by atoms with Crippen molar-refractivity contribution in [3.05, 3.63) is 71.8 Å². The van der Waals surface area contributed by atoms with Crippen LogP contribution in [0, 0.1) is 17.7 Å².